The molecule has 0 saturated carbocycles. The van der Waals surface area contributed by atoms with E-state index in [4.69, 9.17) is 4.43 Å². The summed E-state index contributed by atoms with van der Waals surface area (Å²) in [6.07, 6.45) is 3.13. The van der Waals surface area contributed by atoms with Crippen molar-refractivity contribution in [2.45, 2.75) is 5.41 Å². The molecule has 1 rings (SSSR count). The van der Waals surface area contributed by atoms with Crippen LogP contribution in [0, 0.1) is 0 Å². The smallest absolute Gasteiger partial charge is 0.310 e. The second-order valence-electron chi connectivity index (χ2n) is 3.13. The molecule has 78 valence electrons. The van der Waals surface area contributed by atoms with Gasteiger partial charge in [0.15, 0.2) is 0 Å². The lowest BCUT2D eigenvalue weighted by molar-refractivity contribution is -0.137. The molecule has 0 aromatic heterocycles. The molecular weight excluding hydrogens is 204 g/mol. The Balaban J connectivity index is 3.29. The summed E-state index contributed by atoms with van der Waals surface area (Å²) in [5.41, 5.74) is -0.0842. The molecule has 0 atom stereocenters. The third kappa shape index (κ3) is 1.92. The van der Waals surface area contributed by atoms with Gasteiger partial charge in [-0.1, -0.05) is 42.5 Å². The van der Waals surface area contributed by atoms with Crippen molar-refractivity contribution in [1.82, 2.24) is 0 Å². The lowest BCUT2D eigenvalue weighted by Gasteiger charge is -2.24. The first-order valence-corrected chi connectivity index (χ1v) is 5.44. The zero-order valence-corrected chi connectivity index (χ0v) is 10.8. The van der Waals surface area contributed by atoms with Crippen molar-refractivity contribution in [2.24, 2.45) is 0 Å². The van der Waals surface area contributed by atoms with Gasteiger partial charge in [-0.25, -0.2) is 0 Å². The minimum atomic E-state index is -0.914. The van der Waals surface area contributed by atoms with Crippen molar-refractivity contribution in [3.05, 3.63) is 61.2 Å². The van der Waals surface area contributed by atoms with Crippen LogP contribution in [-0.4, -0.2) is 16.5 Å². The van der Waals surface area contributed by atoms with E-state index < -0.39 is 5.41 Å². The van der Waals surface area contributed by atoms with Crippen LogP contribution in [0.2, 0.25) is 0 Å². The molecule has 0 aliphatic heterocycles. The molecule has 0 heterocycles. The van der Waals surface area contributed by atoms with E-state index in [0.717, 1.165) is 5.56 Å². The average Bonchev–Trinajstić information content (AvgIpc) is 2.32. The maximum absolute atomic E-state index is 11.8. The first-order chi connectivity index (χ1) is 7.21. The van der Waals surface area contributed by atoms with Gasteiger partial charge in [-0.05, 0) is 5.56 Å². The largest absolute Gasteiger partial charge is 0.528 e. The third-order valence-corrected chi connectivity index (χ3v) is 2.79. The summed E-state index contributed by atoms with van der Waals surface area (Å²) in [5, 5.41) is 0. The summed E-state index contributed by atoms with van der Waals surface area (Å²) >= 11 is 0. The highest BCUT2D eigenvalue weighted by Gasteiger charge is 2.34. The Morgan fingerprint density at radius 1 is 1.27 bits per heavy atom. The van der Waals surface area contributed by atoms with E-state index in [0.29, 0.717) is 10.5 Å². The van der Waals surface area contributed by atoms with Crippen molar-refractivity contribution in [3.8, 4) is 0 Å². The topological polar surface area (TPSA) is 26.3 Å². The van der Waals surface area contributed by atoms with Crippen LogP contribution >= 0.6 is 0 Å². The van der Waals surface area contributed by atoms with Gasteiger partial charge in [0.25, 0.3) is 0 Å². The lowest BCUT2D eigenvalue weighted by Crippen LogP contribution is -2.32. The van der Waals surface area contributed by atoms with Crippen molar-refractivity contribution >= 4 is 16.5 Å². The molecule has 3 heteroatoms. The molecule has 1 aromatic carbocycles. The van der Waals surface area contributed by atoms with Crippen LogP contribution in [-0.2, 0) is 14.6 Å². The molecule has 0 radical (unpaired) electrons. The average molecular weight is 218 g/mol. The van der Waals surface area contributed by atoms with Crippen LogP contribution in [0.4, 0.5) is 0 Å². The van der Waals surface area contributed by atoms with E-state index in [2.05, 4.69) is 13.2 Å². The Morgan fingerprint density at radius 3 is 2.20 bits per heavy atom. The number of benzene rings is 1. The maximum atomic E-state index is 11.8. The van der Waals surface area contributed by atoms with Crippen LogP contribution < -0.4 is 0 Å². The molecule has 0 N–H and O–H groups in total. The second kappa shape index (κ2) is 4.75. The van der Waals surface area contributed by atoms with Gasteiger partial charge in [0.2, 0.25) is 10.5 Å². The van der Waals surface area contributed by atoms with Crippen molar-refractivity contribution in [1.29, 1.82) is 0 Å². The van der Waals surface area contributed by atoms with Crippen LogP contribution in [0.15, 0.2) is 55.6 Å². The summed E-state index contributed by atoms with van der Waals surface area (Å²) in [6, 6.07) is 9.37. The molecule has 0 saturated heterocycles. The quantitative estimate of drug-likeness (QED) is 0.559. The van der Waals surface area contributed by atoms with E-state index in [1.807, 2.05) is 30.3 Å². The maximum Gasteiger partial charge on any atom is 0.310 e. The van der Waals surface area contributed by atoms with Crippen LogP contribution in [0.3, 0.4) is 0 Å². The fraction of sp³-hybridized carbons (Fsp3) is 0.0833. The normalized spacial score (nSPS) is 10.7. The SMILES string of the molecule is C=CC(C=C)(C(=O)O[SiH3])c1ccccc1. The highest BCUT2D eigenvalue weighted by molar-refractivity contribution is 6.08. The van der Waals surface area contributed by atoms with Crippen molar-refractivity contribution < 1.29 is 9.22 Å². The van der Waals surface area contributed by atoms with Gasteiger partial charge in [0.1, 0.15) is 5.41 Å². The fourth-order valence-electron chi connectivity index (χ4n) is 1.49. The lowest BCUT2D eigenvalue weighted by atomic mass is 9.81. The minimum absolute atomic E-state index is 0.314. The van der Waals surface area contributed by atoms with E-state index >= 15 is 0 Å². The Morgan fingerprint density at radius 2 is 1.80 bits per heavy atom. The molecule has 0 aliphatic carbocycles. The Labute approximate surface area is 92.8 Å². The van der Waals surface area contributed by atoms with Gasteiger partial charge in [-0.15, -0.1) is 13.2 Å². The fourth-order valence-corrected chi connectivity index (χ4v) is 1.82. The minimum Gasteiger partial charge on any atom is -0.528 e. The molecule has 15 heavy (non-hydrogen) atoms. The zero-order chi connectivity index (χ0) is 11.3. The third-order valence-electron chi connectivity index (χ3n) is 2.42. The number of carbonyl (C=O) groups is 1. The molecule has 0 spiro atoms. The highest BCUT2D eigenvalue weighted by Crippen LogP contribution is 2.28. The summed E-state index contributed by atoms with van der Waals surface area (Å²) in [7, 11) is 0.369. The molecule has 0 unspecified atom stereocenters. The predicted molar refractivity (Wildman–Crippen MR) is 64.5 cm³/mol. The molecular formula is C12H14O2Si. The first-order valence-electron chi connectivity index (χ1n) is 4.62. The van der Waals surface area contributed by atoms with Gasteiger partial charge in [-0.3, -0.25) is 4.79 Å². The Hall–Kier alpha value is -1.61. The monoisotopic (exact) mass is 218 g/mol. The van der Waals surface area contributed by atoms with E-state index in [-0.39, 0.29) is 5.97 Å². The van der Waals surface area contributed by atoms with E-state index in [1.165, 1.54) is 0 Å². The zero-order valence-electron chi connectivity index (χ0n) is 8.77. The molecule has 2 nitrogen and oxygen atoms in total. The molecule has 0 bridgehead atoms. The van der Waals surface area contributed by atoms with Crippen LogP contribution in [0.25, 0.3) is 0 Å². The van der Waals surface area contributed by atoms with Gasteiger partial charge < -0.3 is 4.43 Å². The highest BCUT2D eigenvalue weighted by atomic mass is 28.2. The summed E-state index contributed by atoms with van der Waals surface area (Å²) in [5.74, 6) is -0.314. The standard InChI is InChI=1S/C12H14O2Si/c1-3-12(4-2,11(13)14-15)10-8-6-5-7-9-10/h3-9H,1-2H2,15H3. The molecule has 0 aliphatic rings. The summed E-state index contributed by atoms with van der Waals surface area (Å²) in [4.78, 5) is 11.8. The second-order valence-corrected chi connectivity index (χ2v) is 3.54. The summed E-state index contributed by atoms with van der Waals surface area (Å²) < 4.78 is 4.91. The number of hydrogen-bond donors (Lipinski definition) is 0. The molecule has 0 amide bonds. The first kappa shape index (κ1) is 11.5. The van der Waals surface area contributed by atoms with Crippen molar-refractivity contribution in [2.75, 3.05) is 0 Å². The number of carbonyl (C=O) groups excluding carboxylic acids is 1. The Bertz CT molecular complexity index is 362. The number of hydrogen-bond acceptors (Lipinski definition) is 2. The predicted octanol–water partition coefficient (Wildman–Crippen LogP) is 1.12. The van der Waals surface area contributed by atoms with Gasteiger partial charge in [0.05, 0.1) is 0 Å². The van der Waals surface area contributed by atoms with E-state index in [9.17, 15) is 4.79 Å². The molecule has 1 aromatic rings. The van der Waals surface area contributed by atoms with Gasteiger partial charge >= 0.3 is 5.97 Å². The number of rotatable bonds is 4. The van der Waals surface area contributed by atoms with Crippen molar-refractivity contribution in [3.63, 3.8) is 0 Å². The Kier molecular flexibility index (Phi) is 3.63. The van der Waals surface area contributed by atoms with Gasteiger partial charge in [-0.2, -0.15) is 0 Å². The van der Waals surface area contributed by atoms with Crippen LogP contribution in [0.1, 0.15) is 5.56 Å². The molecule has 0 fully saturated rings. The van der Waals surface area contributed by atoms with E-state index in [1.54, 1.807) is 12.2 Å². The van der Waals surface area contributed by atoms with Gasteiger partial charge in [0, 0.05) is 0 Å². The van der Waals surface area contributed by atoms with Crippen LogP contribution in [0.5, 0.6) is 0 Å². The summed E-state index contributed by atoms with van der Waals surface area (Å²) in [6.45, 7) is 7.39.